The number of hydrogen-bond acceptors (Lipinski definition) is 3. The van der Waals surface area contributed by atoms with Gasteiger partial charge in [0.2, 0.25) is 5.71 Å². The third-order valence-corrected chi connectivity index (χ3v) is 3.17. The summed E-state index contributed by atoms with van der Waals surface area (Å²) in [6.07, 6.45) is 1.71. The monoisotopic (exact) mass is 232 g/mol. The average molecular weight is 232 g/mol. The molecule has 1 heterocycles. The molecule has 16 heavy (non-hydrogen) atoms. The summed E-state index contributed by atoms with van der Waals surface area (Å²) in [5.74, 6) is 0. The lowest BCUT2D eigenvalue weighted by Gasteiger charge is -2.06. The largest absolute Gasteiger partial charge is 0.623 e. The Hall–Kier alpha value is -1.68. The van der Waals surface area contributed by atoms with Crippen LogP contribution in [0.4, 0.5) is 0 Å². The predicted molar refractivity (Wildman–Crippen MR) is 65.7 cm³/mol. The number of hydroxylamine groups is 1. The lowest BCUT2D eigenvalue weighted by molar-refractivity contribution is -0.474. The molecule has 0 aliphatic rings. The first-order chi connectivity index (χ1) is 7.77. The van der Waals surface area contributed by atoms with E-state index in [1.807, 2.05) is 35.7 Å². The third kappa shape index (κ3) is 2.46. The Labute approximate surface area is 98.3 Å². The summed E-state index contributed by atoms with van der Waals surface area (Å²) in [6.45, 7) is 2.17. The van der Waals surface area contributed by atoms with Gasteiger partial charge in [0.25, 0.3) is 0 Å². The summed E-state index contributed by atoms with van der Waals surface area (Å²) in [4.78, 5) is 4.12. The molecule has 1 aromatic carbocycles. The second-order valence-electron chi connectivity index (χ2n) is 3.44. The Kier molecular flexibility index (Phi) is 3.31. The molecule has 0 aliphatic carbocycles. The molecular weight excluding hydrogens is 220 g/mol. The highest BCUT2D eigenvalue weighted by Crippen LogP contribution is 2.07. The van der Waals surface area contributed by atoms with Crippen molar-refractivity contribution in [3.05, 3.63) is 57.7 Å². The van der Waals surface area contributed by atoms with E-state index >= 15 is 0 Å². The molecule has 0 spiro atoms. The number of rotatable bonds is 3. The number of nitrogens with zero attached hydrogens (tertiary/aromatic N) is 2. The lowest BCUT2D eigenvalue weighted by Crippen LogP contribution is -2.13. The predicted octanol–water partition coefficient (Wildman–Crippen LogP) is 2.66. The number of hydrogen-bond donors (Lipinski definition) is 0. The highest BCUT2D eigenvalue weighted by atomic mass is 32.1. The molecule has 2 aromatic rings. The maximum atomic E-state index is 11.9. The van der Waals surface area contributed by atoms with Crippen molar-refractivity contribution >= 4 is 17.0 Å². The Morgan fingerprint density at radius 3 is 2.75 bits per heavy atom. The van der Waals surface area contributed by atoms with Crippen molar-refractivity contribution in [1.82, 2.24) is 4.98 Å². The van der Waals surface area contributed by atoms with E-state index in [0.29, 0.717) is 12.3 Å². The Bertz CT molecular complexity index is 477. The Balaban J connectivity index is 2.19. The fourth-order valence-electron chi connectivity index (χ4n) is 1.38. The molecule has 0 radical (unpaired) electrons. The number of thiazole rings is 1. The van der Waals surface area contributed by atoms with Gasteiger partial charge in [0.15, 0.2) is 11.6 Å². The quantitative estimate of drug-likeness (QED) is 0.353. The Morgan fingerprint density at radius 1 is 1.38 bits per heavy atom. The zero-order valence-corrected chi connectivity index (χ0v) is 9.78. The van der Waals surface area contributed by atoms with Gasteiger partial charge < -0.3 is 5.21 Å². The zero-order chi connectivity index (χ0) is 11.4. The van der Waals surface area contributed by atoms with E-state index in [4.69, 9.17) is 0 Å². The van der Waals surface area contributed by atoms with Crippen molar-refractivity contribution < 1.29 is 4.74 Å². The van der Waals surface area contributed by atoms with E-state index in [0.717, 1.165) is 15.3 Å². The van der Waals surface area contributed by atoms with Crippen LogP contribution in [0, 0.1) is 5.21 Å². The third-order valence-electron chi connectivity index (χ3n) is 2.28. The molecule has 0 bridgehead atoms. The van der Waals surface area contributed by atoms with Gasteiger partial charge in [-0.2, -0.15) is 0 Å². The minimum absolute atomic E-state index is 0.367. The van der Waals surface area contributed by atoms with Gasteiger partial charge in [-0.25, -0.2) is 9.72 Å². The molecular formula is C12H12N2OS. The van der Waals surface area contributed by atoms with Crippen molar-refractivity contribution in [3.8, 4) is 0 Å². The fraction of sp³-hybridized carbons (Fsp3) is 0.167. The van der Waals surface area contributed by atoms with Crippen LogP contribution in [-0.2, 0) is 6.54 Å². The van der Waals surface area contributed by atoms with Crippen molar-refractivity contribution in [1.29, 1.82) is 0 Å². The van der Waals surface area contributed by atoms with Gasteiger partial charge in [0, 0.05) is 24.1 Å². The summed E-state index contributed by atoms with van der Waals surface area (Å²) in [7, 11) is 0. The van der Waals surface area contributed by atoms with E-state index in [1.54, 1.807) is 13.1 Å². The van der Waals surface area contributed by atoms with Crippen molar-refractivity contribution in [2.45, 2.75) is 13.5 Å². The van der Waals surface area contributed by atoms with Gasteiger partial charge in [0.1, 0.15) is 0 Å². The first kappa shape index (κ1) is 10.8. The summed E-state index contributed by atoms with van der Waals surface area (Å²) >= 11 is 1.48. The van der Waals surface area contributed by atoms with Crippen LogP contribution in [0.2, 0.25) is 0 Å². The van der Waals surface area contributed by atoms with Crippen molar-refractivity contribution in [3.63, 3.8) is 0 Å². The van der Waals surface area contributed by atoms with Gasteiger partial charge in [-0.3, -0.25) is 0 Å². The summed E-state index contributed by atoms with van der Waals surface area (Å²) in [5.41, 5.74) is 1.67. The zero-order valence-electron chi connectivity index (χ0n) is 8.96. The smallest absolute Gasteiger partial charge is 0.220 e. The van der Waals surface area contributed by atoms with Crippen LogP contribution in [-0.4, -0.2) is 15.4 Å². The molecule has 0 saturated carbocycles. The molecule has 0 N–H and O–H groups in total. The lowest BCUT2D eigenvalue weighted by atomic mass is 10.2. The molecule has 0 aliphatic heterocycles. The van der Waals surface area contributed by atoms with Crippen LogP contribution in [0.15, 0.2) is 41.9 Å². The first-order valence-corrected chi connectivity index (χ1v) is 5.87. The van der Waals surface area contributed by atoms with E-state index < -0.39 is 0 Å². The molecule has 1 aromatic heterocycles. The van der Waals surface area contributed by atoms with E-state index in [9.17, 15) is 5.21 Å². The van der Waals surface area contributed by atoms with Crippen LogP contribution in [0.1, 0.15) is 17.5 Å². The second kappa shape index (κ2) is 4.90. The van der Waals surface area contributed by atoms with Gasteiger partial charge in [-0.1, -0.05) is 30.3 Å². The Morgan fingerprint density at radius 2 is 2.12 bits per heavy atom. The molecule has 0 fully saturated rings. The van der Waals surface area contributed by atoms with Crippen LogP contribution >= 0.6 is 11.3 Å². The summed E-state index contributed by atoms with van der Waals surface area (Å²) in [5, 5.41) is 14.5. The maximum absolute atomic E-state index is 11.9. The van der Waals surface area contributed by atoms with Gasteiger partial charge in [-0.15, -0.1) is 11.3 Å². The molecule has 0 saturated heterocycles. The average Bonchev–Trinajstić information content (AvgIpc) is 2.83. The molecule has 0 unspecified atom stereocenters. The van der Waals surface area contributed by atoms with Gasteiger partial charge >= 0.3 is 0 Å². The molecule has 0 amide bonds. The fourth-order valence-corrected chi connectivity index (χ4v) is 2.02. The molecule has 0 atom stereocenters. The molecule has 2 rings (SSSR count). The minimum atomic E-state index is 0.367. The highest BCUT2D eigenvalue weighted by Gasteiger charge is 2.09. The van der Waals surface area contributed by atoms with E-state index in [-0.39, 0.29) is 0 Å². The number of aromatic nitrogens is 1. The van der Waals surface area contributed by atoms with E-state index in [2.05, 4.69) is 4.98 Å². The van der Waals surface area contributed by atoms with Gasteiger partial charge in [-0.05, 0) is 0 Å². The van der Waals surface area contributed by atoms with Gasteiger partial charge in [0.05, 0.1) is 0 Å². The SMILES string of the molecule is C/C(c1nccs1)=[N+](/[O-])Cc1ccccc1. The standard InChI is InChI=1S/C12H12N2OS/c1-10(12-13-7-8-16-12)14(15)9-11-5-3-2-4-6-11/h2-8H,9H2,1H3/b14-10-. The van der Waals surface area contributed by atoms with Crippen LogP contribution in [0.3, 0.4) is 0 Å². The minimum Gasteiger partial charge on any atom is -0.623 e. The highest BCUT2D eigenvalue weighted by molar-refractivity contribution is 7.11. The maximum Gasteiger partial charge on any atom is 0.220 e. The second-order valence-corrected chi connectivity index (χ2v) is 4.34. The van der Waals surface area contributed by atoms with Crippen molar-refractivity contribution in [2.24, 2.45) is 0 Å². The van der Waals surface area contributed by atoms with Crippen LogP contribution in [0.25, 0.3) is 0 Å². The topological polar surface area (TPSA) is 39.0 Å². The molecule has 4 heteroatoms. The number of benzene rings is 1. The summed E-state index contributed by atoms with van der Waals surface area (Å²) < 4.78 is 0.980. The normalized spacial score (nSPS) is 12.3. The van der Waals surface area contributed by atoms with E-state index in [1.165, 1.54) is 11.3 Å². The summed E-state index contributed by atoms with van der Waals surface area (Å²) in [6, 6.07) is 9.69. The molecule has 82 valence electrons. The van der Waals surface area contributed by atoms with Crippen LogP contribution < -0.4 is 0 Å². The van der Waals surface area contributed by atoms with Crippen LogP contribution in [0.5, 0.6) is 0 Å². The first-order valence-electron chi connectivity index (χ1n) is 4.99. The van der Waals surface area contributed by atoms with Crippen molar-refractivity contribution in [2.75, 3.05) is 0 Å². The molecule has 3 nitrogen and oxygen atoms in total.